The second-order valence-corrected chi connectivity index (χ2v) is 4.59. The molecule has 0 saturated heterocycles. The highest BCUT2D eigenvalue weighted by molar-refractivity contribution is 6.05. The molecule has 5 nitrogen and oxygen atoms in total. The zero-order chi connectivity index (χ0) is 18.6. The number of halogens is 5. The molecule has 1 aromatic carbocycles. The third kappa shape index (κ3) is 4.49. The van der Waals surface area contributed by atoms with Crippen LogP contribution >= 0.6 is 0 Å². The molecule has 132 valence electrons. The minimum absolute atomic E-state index is 0.223. The molecule has 25 heavy (non-hydrogen) atoms. The van der Waals surface area contributed by atoms with Gasteiger partial charge in [0.1, 0.15) is 23.8 Å². The van der Waals surface area contributed by atoms with Crippen molar-refractivity contribution in [1.29, 1.82) is 0 Å². The van der Waals surface area contributed by atoms with Gasteiger partial charge in [-0.2, -0.15) is 18.2 Å². The molecule has 2 rings (SSSR count). The van der Waals surface area contributed by atoms with E-state index in [-0.39, 0.29) is 12.3 Å². The standard InChI is InChI=1S/C15H10F5N3O2/c1-2-5-25-13-9(7-21-14(23-13)15(18,19)20)12(24)22-11-4-3-8(16)6-10(11)17/h2-4,6-7H,1,5H2,(H,22,24). The first-order valence-corrected chi connectivity index (χ1v) is 6.66. The third-order valence-corrected chi connectivity index (χ3v) is 2.77. The maximum absolute atomic E-state index is 13.6. The predicted molar refractivity (Wildman–Crippen MR) is 77.0 cm³/mol. The van der Waals surface area contributed by atoms with Crippen LogP contribution in [0.5, 0.6) is 5.88 Å². The van der Waals surface area contributed by atoms with Crippen molar-refractivity contribution in [3.63, 3.8) is 0 Å². The zero-order valence-corrected chi connectivity index (χ0v) is 12.4. The maximum atomic E-state index is 13.6. The van der Waals surface area contributed by atoms with Crippen molar-refractivity contribution in [1.82, 2.24) is 9.97 Å². The summed E-state index contributed by atoms with van der Waals surface area (Å²) in [7, 11) is 0. The number of hydrogen-bond acceptors (Lipinski definition) is 4. The van der Waals surface area contributed by atoms with Crippen LogP contribution in [-0.2, 0) is 6.18 Å². The number of ether oxygens (including phenoxy) is 1. The van der Waals surface area contributed by atoms with E-state index in [0.717, 1.165) is 12.1 Å². The molecule has 0 radical (unpaired) electrons. The Morgan fingerprint density at radius 2 is 2.04 bits per heavy atom. The molecule has 0 aliphatic rings. The molecule has 0 spiro atoms. The molecule has 0 unspecified atom stereocenters. The summed E-state index contributed by atoms with van der Waals surface area (Å²) in [6, 6.07) is 2.39. The van der Waals surface area contributed by atoms with Crippen LogP contribution in [0.1, 0.15) is 16.2 Å². The lowest BCUT2D eigenvalue weighted by Gasteiger charge is -2.12. The fourth-order valence-corrected chi connectivity index (χ4v) is 1.69. The number of hydrogen-bond donors (Lipinski definition) is 1. The highest BCUT2D eigenvalue weighted by atomic mass is 19.4. The molecule has 1 amide bonds. The molecule has 2 aromatic rings. The molecule has 0 bridgehead atoms. The van der Waals surface area contributed by atoms with Crippen LogP contribution in [0.15, 0.2) is 37.1 Å². The summed E-state index contributed by atoms with van der Waals surface area (Å²) < 4.78 is 69.4. The summed E-state index contributed by atoms with van der Waals surface area (Å²) in [4.78, 5) is 18.4. The highest BCUT2D eigenvalue weighted by Gasteiger charge is 2.36. The Morgan fingerprint density at radius 1 is 1.32 bits per heavy atom. The Morgan fingerprint density at radius 3 is 2.64 bits per heavy atom. The van der Waals surface area contributed by atoms with Crippen LogP contribution < -0.4 is 10.1 Å². The van der Waals surface area contributed by atoms with E-state index in [1.54, 1.807) is 0 Å². The summed E-state index contributed by atoms with van der Waals surface area (Å²) in [5.74, 6) is -5.10. The Labute approximate surface area is 138 Å². The topological polar surface area (TPSA) is 64.1 Å². The molecule has 1 heterocycles. The number of nitrogens with zero attached hydrogens (tertiary/aromatic N) is 2. The Bertz CT molecular complexity index is 808. The number of amides is 1. The van der Waals surface area contributed by atoms with Gasteiger partial charge in [0.15, 0.2) is 0 Å². The van der Waals surface area contributed by atoms with Gasteiger partial charge in [0, 0.05) is 12.3 Å². The lowest BCUT2D eigenvalue weighted by atomic mass is 10.2. The number of aromatic nitrogens is 2. The Kier molecular flexibility index (Phi) is 5.30. The van der Waals surface area contributed by atoms with Crippen molar-refractivity contribution < 1.29 is 31.5 Å². The zero-order valence-electron chi connectivity index (χ0n) is 12.4. The van der Waals surface area contributed by atoms with Crippen LogP contribution in [0.3, 0.4) is 0 Å². The van der Waals surface area contributed by atoms with Gasteiger partial charge in [-0.1, -0.05) is 12.7 Å². The van der Waals surface area contributed by atoms with Gasteiger partial charge >= 0.3 is 6.18 Å². The fraction of sp³-hybridized carbons (Fsp3) is 0.133. The second-order valence-electron chi connectivity index (χ2n) is 4.59. The first-order chi connectivity index (χ1) is 11.7. The van der Waals surface area contributed by atoms with E-state index in [1.807, 2.05) is 0 Å². The van der Waals surface area contributed by atoms with Gasteiger partial charge in [-0.3, -0.25) is 4.79 Å². The van der Waals surface area contributed by atoms with E-state index >= 15 is 0 Å². The largest absolute Gasteiger partial charge is 0.473 e. The maximum Gasteiger partial charge on any atom is 0.451 e. The lowest BCUT2D eigenvalue weighted by molar-refractivity contribution is -0.145. The number of anilines is 1. The van der Waals surface area contributed by atoms with Gasteiger partial charge in [-0.05, 0) is 12.1 Å². The molecule has 0 fully saturated rings. The number of alkyl halides is 3. The number of benzene rings is 1. The molecule has 1 aromatic heterocycles. The molecule has 0 atom stereocenters. The average Bonchev–Trinajstić information content (AvgIpc) is 2.54. The molecule has 1 N–H and O–H groups in total. The number of carbonyl (C=O) groups excluding carboxylic acids is 1. The Hall–Kier alpha value is -3.04. The van der Waals surface area contributed by atoms with E-state index < -0.39 is 41.0 Å². The van der Waals surface area contributed by atoms with Crippen LogP contribution in [0.2, 0.25) is 0 Å². The number of carbonyl (C=O) groups is 1. The van der Waals surface area contributed by atoms with Crippen molar-refractivity contribution in [2.24, 2.45) is 0 Å². The fourth-order valence-electron chi connectivity index (χ4n) is 1.69. The molecular weight excluding hydrogens is 349 g/mol. The number of nitrogens with one attached hydrogen (secondary N) is 1. The van der Waals surface area contributed by atoms with E-state index in [4.69, 9.17) is 4.74 Å². The van der Waals surface area contributed by atoms with Gasteiger partial charge < -0.3 is 10.1 Å². The summed E-state index contributed by atoms with van der Waals surface area (Å²) in [5.41, 5.74) is -0.834. The smallest absolute Gasteiger partial charge is 0.451 e. The summed E-state index contributed by atoms with van der Waals surface area (Å²) in [6.45, 7) is 3.11. The van der Waals surface area contributed by atoms with Gasteiger partial charge in [0.2, 0.25) is 11.7 Å². The molecule has 0 aliphatic heterocycles. The normalized spacial score (nSPS) is 11.1. The second kappa shape index (κ2) is 7.24. The summed E-state index contributed by atoms with van der Waals surface area (Å²) in [5, 5.41) is 2.08. The number of rotatable bonds is 5. The minimum Gasteiger partial charge on any atom is -0.473 e. The van der Waals surface area contributed by atoms with Crippen molar-refractivity contribution in [3.05, 3.63) is 60.1 Å². The van der Waals surface area contributed by atoms with Crippen LogP contribution in [-0.4, -0.2) is 22.5 Å². The minimum atomic E-state index is -4.84. The molecular formula is C15H10F5N3O2. The van der Waals surface area contributed by atoms with Crippen molar-refractivity contribution >= 4 is 11.6 Å². The third-order valence-electron chi connectivity index (χ3n) is 2.77. The molecule has 0 saturated carbocycles. The van der Waals surface area contributed by atoms with E-state index in [2.05, 4.69) is 21.9 Å². The van der Waals surface area contributed by atoms with E-state index in [9.17, 15) is 26.7 Å². The van der Waals surface area contributed by atoms with Crippen LogP contribution in [0.25, 0.3) is 0 Å². The SMILES string of the molecule is C=CCOc1nc(C(F)(F)F)ncc1C(=O)Nc1ccc(F)cc1F. The van der Waals surface area contributed by atoms with E-state index in [1.165, 1.54) is 6.08 Å². The van der Waals surface area contributed by atoms with Crippen LogP contribution in [0, 0.1) is 11.6 Å². The predicted octanol–water partition coefficient (Wildman–Crippen LogP) is 3.59. The lowest BCUT2D eigenvalue weighted by Crippen LogP contribution is -2.19. The highest BCUT2D eigenvalue weighted by Crippen LogP contribution is 2.28. The van der Waals surface area contributed by atoms with Crippen molar-refractivity contribution in [2.75, 3.05) is 11.9 Å². The molecule has 10 heteroatoms. The monoisotopic (exact) mass is 359 g/mol. The van der Waals surface area contributed by atoms with Crippen LogP contribution in [0.4, 0.5) is 27.6 Å². The van der Waals surface area contributed by atoms with Gasteiger partial charge in [0.25, 0.3) is 5.91 Å². The summed E-state index contributed by atoms with van der Waals surface area (Å²) >= 11 is 0. The van der Waals surface area contributed by atoms with E-state index in [0.29, 0.717) is 12.3 Å². The van der Waals surface area contributed by atoms with Gasteiger partial charge in [0.05, 0.1) is 5.69 Å². The van der Waals surface area contributed by atoms with Gasteiger partial charge in [-0.25, -0.2) is 13.8 Å². The van der Waals surface area contributed by atoms with Crippen molar-refractivity contribution in [2.45, 2.75) is 6.18 Å². The average molecular weight is 359 g/mol. The first-order valence-electron chi connectivity index (χ1n) is 6.66. The Balaban J connectivity index is 2.35. The quantitative estimate of drug-likeness (QED) is 0.655. The van der Waals surface area contributed by atoms with Gasteiger partial charge in [-0.15, -0.1) is 0 Å². The van der Waals surface area contributed by atoms with Crippen molar-refractivity contribution in [3.8, 4) is 5.88 Å². The summed E-state index contributed by atoms with van der Waals surface area (Å²) in [6.07, 6.45) is -3.01. The molecule has 0 aliphatic carbocycles. The first kappa shape index (κ1) is 18.3.